The minimum Gasteiger partial charge on any atom is -0.497 e. The van der Waals surface area contributed by atoms with E-state index < -0.39 is 10.0 Å². The fourth-order valence-corrected chi connectivity index (χ4v) is 3.58. The van der Waals surface area contributed by atoms with Gasteiger partial charge >= 0.3 is 0 Å². The van der Waals surface area contributed by atoms with E-state index in [0.717, 1.165) is 10.1 Å². The number of anilines is 1. The summed E-state index contributed by atoms with van der Waals surface area (Å²) in [6.07, 6.45) is 1.71. The van der Waals surface area contributed by atoms with Crippen LogP contribution < -0.4 is 9.46 Å². The molecule has 0 aliphatic carbocycles. The molecule has 0 radical (unpaired) electrons. The lowest BCUT2D eigenvalue weighted by Crippen LogP contribution is -2.12. The molecule has 0 unspecified atom stereocenters. The Morgan fingerprint density at radius 2 is 1.90 bits per heavy atom. The molecular formula is C14H12N2O3S2. The molecule has 1 N–H and O–H groups in total. The fourth-order valence-electron chi connectivity index (χ4n) is 1.90. The summed E-state index contributed by atoms with van der Waals surface area (Å²) in [7, 11) is -2.08. The van der Waals surface area contributed by atoms with Gasteiger partial charge in [-0.3, -0.25) is 4.72 Å². The second-order valence-electron chi connectivity index (χ2n) is 4.36. The molecule has 0 aliphatic heterocycles. The predicted molar refractivity (Wildman–Crippen MR) is 83.4 cm³/mol. The van der Waals surface area contributed by atoms with Crippen molar-refractivity contribution in [2.45, 2.75) is 4.90 Å². The third-order valence-electron chi connectivity index (χ3n) is 2.97. The minimum atomic E-state index is -3.61. The Balaban J connectivity index is 1.90. The van der Waals surface area contributed by atoms with Crippen LogP contribution in [0.15, 0.2) is 53.6 Å². The summed E-state index contributed by atoms with van der Waals surface area (Å²) in [6, 6.07) is 11.6. The average molecular weight is 320 g/mol. The van der Waals surface area contributed by atoms with Crippen LogP contribution in [0, 0.1) is 0 Å². The highest BCUT2D eigenvalue weighted by atomic mass is 32.2. The molecule has 3 aromatic rings. The van der Waals surface area contributed by atoms with E-state index >= 15 is 0 Å². The van der Waals surface area contributed by atoms with E-state index in [-0.39, 0.29) is 4.90 Å². The van der Waals surface area contributed by atoms with Gasteiger partial charge in [0.1, 0.15) is 5.75 Å². The predicted octanol–water partition coefficient (Wildman–Crippen LogP) is 3.11. The third kappa shape index (κ3) is 2.84. The van der Waals surface area contributed by atoms with E-state index in [1.54, 1.807) is 30.5 Å². The molecule has 7 heteroatoms. The topological polar surface area (TPSA) is 68.3 Å². The number of rotatable bonds is 4. The number of sulfonamides is 1. The van der Waals surface area contributed by atoms with Crippen molar-refractivity contribution in [1.29, 1.82) is 0 Å². The Labute approximate surface area is 126 Å². The van der Waals surface area contributed by atoms with Gasteiger partial charge in [0.15, 0.2) is 0 Å². The van der Waals surface area contributed by atoms with Gasteiger partial charge in [-0.1, -0.05) is 0 Å². The maximum atomic E-state index is 12.3. The van der Waals surface area contributed by atoms with Crippen LogP contribution in [0.2, 0.25) is 0 Å². The van der Waals surface area contributed by atoms with E-state index in [4.69, 9.17) is 4.74 Å². The molecule has 0 aliphatic rings. The number of aromatic nitrogens is 1. The standard InChI is InChI=1S/C14H12N2O3S2/c1-19-12-3-5-13(6-4-12)21(17,18)16-11-2-7-14-10(8-11)9-15-20-14/h2-9,16H,1H3. The lowest BCUT2D eigenvalue weighted by atomic mass is 10.2. The molecule has 0 atom stereocenters. The summed E-state index contributed by atoms with van der Waals surface area (Å²) in [5, 5.41) is 0.912. The van der Waals surface area contributed by atoms with Crippen molar-refractivity contribution in [2.75, 3.05) is 11.8 Å². The first-order valence-corrected chi connectivity index (χ1v) is 8.35. The number of ether oxygens (including phenoxy) is 1. The highest BCUT2D eigenvalue weighted by Gasteiger charge is 2.14. The Kier molecular flexibility index (Phi) is 3.52. The van der Waals surface area contributed by atoms with Gasteiger partial charge in [0.2, 0.25) is 0 Å². The Morgan fingerprint density at radius 1 is 1.14 bits per heavy atom. The van der Waals surface area contributed by atoms with Crippen molar-refractivity contribution in [1.82, 2.24) is 4.37 Å². The lowest BCUT2D eigenvalue weighted by Gasteiger charge is -2.08. The smallest absolute Gasteiger partial charge is 0.261 e. The van der Waals surface area contributed by atoms with Gasteiger partial charge in [-0.2, -0.15) is 4.37 Å². The quantitative estimate of drug-likeness (QED) is 0.802. The van der Waals surface area contributed by atoms with Gasteiger partial charge < -0.3 is 4.74 Å². The van der Waals surface area contributed by atoms with E-state index in [0.29, 0.717) is 11.4 Å². The Bertz CT molecular complexity index is 871. The molecule has 2 aromatic carbocycles. The number of methoxy groups -OCH3 is 1. The minimum absolute atomic E-state index is 0.187. The maximum Gasteiger partial charge on any atom is 0.261 e. The van der Waals surface area contributed by atoms with Gasteiger partial charge in [0, 0.05) is 17.3 Å². The molecule has 0 fully saturated rings. The molecule has 21 heavy (non-hydrogen) atoms. The van der Waals surface area contributed by atoms with Crippen LogP contribution >= 0.6 is 11.5 Å². The van der Waals surface area contributed by atoms with Crippen LogP contribution in [-0.4, -0.2) is 19.9 Å². The number of benzene rings is 2. The van der Waals surface area contributed by atoms with E-state index in [1.807, 2.05) is 6.07 Å². The molecule has 0 saturated heterocycles. The second-order valence-corrected chi connectivity index (χ2v) is 6.88. The molecule has 3 rings (SSSR count). The van der Waals surface area contributed by atoms with E-state index in [9.17, 15) is 8.42 Å². The number of hydrogen-bond acceptors (Lipinski definition) is 5. The summed E-state index contributed by atoms with van der Waals surface area (Å²) in [5.74, 6) is 0.611. The number of hydrogen-bond donors (Lipinski definition) is 1. The zero-order chi connectivity index (χ0) is 14.9. The fraction of sp³-hybridized carbons (Fsp3) is 0.0714. The first kappa shape index (κ1) is 13.8. The molecule has 1 aromatic heterocycles. The van der Waals surface area contributed by atoms with Crippen LogP contribution in [0.3, 0.4) is 0 Å². The lowest BCUT2D eigenvalue weighted by molar-refractivity contribution is 0.414. The van der Waals surface area contributed by atoms with Crippen LogP contribution in [0.5, 0.6) is 5.75 Å². The van der Waals surface area contributed by atoms with Gasteiger partial charge in [0.05, 0.1) is 16.7 Å². The van der Waals surface area contributed by atoms with Gasteiger partial charge in [-0.15, -0.1) is 0 Å². The second kappa shape index (κ2) is 5.34. The molecule has 0 saturated carbocycles. The van der Waals surface area contributed by atoms with E-state index in [1.165, 1.54) is 30.8 Å². The Hall–Kier alpha value is -2.12. The molecule has 0 bridgehead atoms. The highest BCUT2D eigenvalue weighted by molar-refractivity contribution is 7.92. The van der Waals surface area contributed by atoms with Gasteiger partial charge in [-0.05, 0) is 54.0 Å². The van der Waals surface area contributed by atoms with Crippen molar-refractivity contribution >= 4 is 37.3 Å². The van der Waals surface area contributed by atoms with E-state index in [2.05, 4.69) is 9.10 Å². The molecule has 108 valence electrons. The summed E-state index contributed by atoms with van der Waals surface area (Å²) >= 11 is 1.37. The van der Waals surface area contributed by atoms with Crippen molar-refractivity contribution in [3.8, 4) is 5.75 Å². The van der Waals surface area contributed by atoms with Crippen molar-refractivity contribution in [2.24, 2.45) is 0 Å². The first-order chi connectivity index (χ1) is 10.1. The van der Waals surface area contributed by atoms with Crippen LogP contribution in [0.1, 0.15) is 0 Å². The third-order valence-corrected chi connectivity index (χ3v) is 5.15. The molecular weight excluding hydrogens is 308 g/mol. The van der Waals surface area contributed by atoms with Crippen LogP contribution in [-0.2, 0) is 10.0 Å². The molecule has 0 spiro atoms. The molecule has 5 nitrogen and oxygen atoms in total. The Morgan fingerprint density at radius 3 is 2.62 bits per heavy atom. The zero-order valence-electron chi connectivity index (χ0n) is 11.1. The maximum absolute atomic E-state index is 12.3. The highest BCUT2D eigenvalue weighted by Crippen LogP contribution is 2.24. The number of nitrogens with one attached hydrogen (secondary N) is 1. The van der Waals surface area contributed by atoms with Crippen LogP contribution in [0.25, 0.3) is 10.1 Å². The van der Waals surface area contributed by atoms with Crippen molar-refractivity contribution < 1.29 is 13.2 Å². The SMILES string of the molecule is COc1ccc(S(=O)(=O)Nc2ccc3sncc3c2)cc1. The van der Waals surface area contributed by atoms with Crippen molar-refractivity contribution in [3.05, 3.63) is 48.7 Å². The largest absolute Gasteiger partial charge is 0.497 e. The summed E-state index contributed by atoms with van der Waals surface area (Å²) in [6.45, 7) is 0. The molecule has 1 heterocycles. The summed E-state index contributed by atoms with van der Waals surface area (Å²) in [5.41, 5.74) is 0.513. The van der Waals surface area contributed by atoms with Gasteiger partial charge in [-0.25, -0.2) is 8.42 Å². The number of fused-ring (bicyclic) bond motifs is 1. The van der Waals surface area contributed by atoms with Crippen LogP contribution in [0.4, 0.5) is 5.69 Å². The normalized spacial score (nSPS) is 11.5. The number of nitrogens with zero attached hydrogens (tertiary/aromatic N) is 1. The monoisotopic (exact) mass is 320 g/mol. The zero-order valence-corrected chi connectivity index (χ0v) is 12.7. The molecule has 0 amide bonds. The average Bonchev–Trinajstić information content (AvgIpc) is 2.94. The summed E-state index contributed by atoms with van der Waals surface area (Å²) < 4.78 is 37.3. The van der Waals surface area contributed by atoms with Crippen molar-refractivity contribution in [3.63, 3.8) is 0 Å². The summed E-state index contributed by atoms with van der Waals surface area (Å²) in [4.78, 5) is 0.187. The van der Waals surface area contributed by atoms with Gasteiger partial charge in [0.25, 0.3) is 10.0 Å². The first-order valence-electron chi connectivity index (χ1n) is 6.10.